The molecule has 2 nitrogen and oxygen atoms in total. The Hall–Kier alpha value is -1.75. The highest BCUT2D eigenvalue weighted by Gasteiger charge is 2.19. The Labute approximate surface area is 104 Å². The molecule has 2 heteroatoms. The molecule has 0 aliphatic carbocycles. The quantitative estimate of drug-likeness (QED) is 0.747. The lowest BCUT2D eigenvalue weighted by Crippen LogP contribution is -2.19. The van der Waals surface area contributed by atoms with E-state index in [2.05, 4.69) is 12.1 Å². The summed E-state index contributed by atoms with van der Waals surface area (Å²) in [4.78, 5) is 0. The molecule has 1 aromatic carbocycles. The van der Waals surface area contributed by atoms with Crippen molar-refractivity contribution in [3.8, 4) is 6.07 Å². The summed E-state index contributed by atoms with van der Waals surface area (Å²) in [7, 11) is 0. The van der Waals surface area contributed by atoms with Crippen LogP contribution in [0.15, 0.2) is 23.9 Å². The molecule has 0 unspecified atom stereocenters. The lowest BCUT2D eigenvalue weighted by Gasteiger charge is -2.21. The van der Waals surface area contributed by atoms with Gasteiger partial charge in [0.2, 0.25) is 0 Å². The molecule has 0 aliphatic rings. The van der Waals surface area contributed by atoms with Gasteiger partial charge in [-0.15, -0.1) is 0 Å². The van der Waals surface area contributed by atoms with Crippen molar-refractivity contribution in [2.24, 2.45) is 11.1 Å². The molecule has 0 spiro atoms. The molecule has 0 amide bonds. The van der Waals surface area contributed by atoms with E-state index in [9.17, 15) is 5.26 Å². The Morgan fingerprint density at radius 1 is 1.12 bits per heavy atom. The lowest BCUT2D eigenvalue weighted by atomic mass is 9.87. The Morgan fingerprint density at radius 2 is 1.59 bits per heavy atom. The van der Waals surface area contributed by atoms with Crippen LogP contribution in [0.4, 0.5) is 0 Å². The molecule has 0 saturated carbocycles. The van der Waals surface area contributed by atoms with Gasteiger partial charge in [-0.05, 0) is 19.4 Å². The molecule has 0 aromatic heterocycles. The normalized spacial score (nSPS) is 12.9. The second kappa shape index (κ2) is 4.63. The summed E-state index contributed by atoms with van der Waals surface area (Å²) in [5.41, 5.74) is 10.3. The summed E-state index contributed by atoms with van der Waals surface area (Å²) in [5.74, 6) is 0. The zero-order chi connectivity index (χ0) is 13.2. The monoisotopic (exact) mass is 228 g/mol. The molecule has 0 aliphatic heterocycles. The number of nitrogens with zero attached hydrogens (tertiary/aromatic N) is 1. The fourth-order valence-corrected chi connectivity index (χ4v) is 1.77. The van der Waals surface area contributed by atoms with Crippen LogP contribution in [0.1, 0.15) is 37.5 Å². The minimum atomic E-state index is -0.192. The number of aryl methyl sites for hydroxylation is 2. The van der Waals surface area contributed by atoms with Crippen molar-refractivity contribution in [3.05, 3.63) is 40.6 Å². The fraction of sp³-hybridized carbons (Fsp3) is 0.400. The molecule has 1 aromatic rings. The molecular formula is C15H20N2. The molecule has 0 fully saturated rings. The molecule has 17 heavy (non-hydrogen) atoms. The highest BCUT2D eigenvalue weighted by atomic mass is 14.6. The summed E-state index contributed by atoms with van der Waals surface area (Å²) >= 11 is 0. The number of nitrogens with two attached hydrogens (primary N) is 1. The van der Waals surface area contributed by atoms with Gasteiger partial charge in [-0.2, -0.15) is 5.26 Å². The summed E-state index contributed by atoms with van der Waals surface area (Å²) in [6.45, 7) is 10.1. The van der Waals surface area contributed by atoms with E-state index >= 15 is 0 Å². The summed E-state index contributed by atoms with van der Waals surface area (Å²) in [5, 5.41) is 9.31. The Kier molecular flexibility index (Phi) is 3.63. The zero-order valence-electron chi connectivity index (χ0n) is 11.3. The average Bonchev–Trinajstić information content (AvgIpc) is 2.15. The van der Waals surface area contributed by atoms with Gasteiger partial charge in [0.25, 0.3) is 0 Å². The first-order valence-corrected chi connectivity index (χ1v) is 5.74. The first kappa shape index (κ1) is 13.3. The van der Waals surface area contributed by atoms with Crippen molar-refractivity contribution in [1.82, 2.24) is 0 Å². The number of nitriles is 1. The van der Waals surface area contributed by atoms with E-state index in [1.54, 1.807) is 0 Å². The van der Waals surface area contributed by atoms with Crippen LogP contribution >= 0.6 is 0 Å². The average molecular weight is 228 g/mol. The van der Waals surface area contributed by atoms with Crippen molar-refractivity contribution in [1.29, 1.82) is 5.26 Å². The van der Waals surface area contributed by atoms with Crippen LogP contribution in [0, 0.1) is 30.6 Å². The molecule has 0 radical (unpaired) electrons. The van der Waals surface area contributed by atoms with Crippen LogP contribution in [-0.4, -0.2) is 0 Å². The van der Waals surface area contributed by atoms with E-state index < -0.39 is 0 Å². The smallest absolute Gasteiger partial charge is 0.102 e. The molecule has 0 atom stereocenters. The van der Waals surface area contributed by atoms with Gasteiger partial charge < -0.3 is 5.73 Å². The zero-order valence-corrected chi connectivity index (χ0v) is 11.3. The largest absolute Gasteiger partial charge is 0.401 e. The lowest BCUT2D eigenvalue weighted by molar-refractivity contribution is 0.500. The van der Waals surface area contributed by atoms with Gasteiger partial charge in [-0.25, -0.2) is 0 Å². The molecule has 2 N–H and O–H groups in total. The predicted molar refractivity (Wildman–Crippen MR) is 72.1 cm³/mol. The molecule has 1 rings (SSSR count). The highest BCUT2D eigenvalue weighted by molar-refractivity contribution is 5.80. The van der Waals surface area contributed by atoms with Gasteiger partial charge in [-0.3, -0.25) is 0 Å². The predicted octanol–water partition coefficient (Wildman–Crippen LogP) is 3.54. The van der Waals surface area contributed by atoms with Crippen LogP contribution in [0.2, 0.25) is 0 Å². The summed E-state index contributed by atoms with van der Waals surface area (Å²) in [6, 6.07) is 8.33. The van der Waals surface area contributed by atoms with Crippen molar-refractivity contribution < 1.29 is 0 Å². The maximum atomic E-state index is 9.31. The van der Waals surface area contributed by atoms with Crippen LogP contribution in [0.3, 0.4) is 0 Å². The number of hydrogen-bond donors (Lipinski definition) is 1. The third-order valence-electron chi connectivity index (χ3n) is 2.70. The van der Waals surface area contributed by atoms with Gasteiger partial charge in [-0.1, -0.05) is 50.1 Å². The van der Waals surface area contributed by atoms with Gasteiger partial charge in [0, 0.05) is 11.1 Å². The highest BCUT2D eigenvalue weighted by Crippen LogP contribution is 2.29. The summed E-state index contributed by atoms with van der Waals surface area (Å²) in [6.07, 6.45) is 0. The first-order chi connectivity index (χ1) is 7.75. The third-order valence-corrected chi connectivity index (χ3v) is 2.70. The van der Waals surface area contributed by atoms with Crippen molar-refractivity contribution in [2.45, 2.75) is 34.6 Å². The molecule has 0 heterocycles. The van der Waals surface area contributed by atoms with Crippen LogP contribution in [0.25, 0.3) is 5.57 Å². The Balaban J connectivity index is 3.44. The number of benzene rings is 1. The topological polar surface area (TPSA) is 49.8 Å². The number of hydrogen-bond acceptors (Lipinski definition) is 2. The number of rotatable bonds is 1. The third kappa shape index (κ3) is 3.10. The van der Waals surface area contributed by atoms with E-state index in [0.717, 1.165) is 16.7 Å². The van der Waals surface area contributed by atoms with E-state index in [-0.39, 0.29) is 5.41 Å². The fourth-order valence-electron chi connectivity index (χ4n) is 1.77. The number of allylic oxidation sites excluding steroid dienone is 2. The van der Waals surface area contributed by atoms with Crippen molar-refractivity contribution in [3.63, 3.8) is 0 Å². The van der Waals surface area contributed by atoms with Gasteiger partial charge in [0.05, 0.1) is 5.57 Å². The molecule has 0 bridgehead atoms. The standard InChI is InChI=1S/C15H20N2/c1-10-6-11(2)8-12(7-10)13(9-16)14(17)15(3,4)5/h6-8H,17H2,1-5H3/b14-13+. The maximum absolute atomic E-state index is 9.31. The molecule has 0 saturated heterocycles. The first-order valence-electron chi connectivity index (χ1n) is 5.74. The van der Waals surface area contributed by atoms with Crippen LogP contribution in [-0.2, 0) is 0 Å². The van der Waals surface area contributed by atoms with Crippen LogP contribution in [0.5, 0.6) is 0 Å². The van der Waals surface area contributed by atoms with E-state index in [1.807, 2.05) is 46.8 Å². The van der Waals surface area contributed by atoms with E-state index in [4.69, 9.17) is 5.73 Å². The van der Waals surface area contributed by atoms with Gasteiger partial charge in [0.15, 0.2) is 0 Å². The van der Waals surface area contributed by atoms with E-state index in [0.29, 0.717) is 11.3 Å². The second-order valence-electron chi connectivity index (χ2n) is 5.53. The van der Waals surface area contributed by atoms with Gasteiger partial charge >= 0.3 is 0 Å². The molecule has 90 valence electrons. The summed E-state index contributed by atoms with van der Waals surface area (Å²) < 4.78 is 0. The Morgan fingerprint density at radius 3 is 1.94 bits per heavy atom. The maximum Gasteiger partial charge on any atom is 0.102 e. The van der Waals surface area contributed by atoms with E-state index in [1.165, 1.54) is 0 Å². The second-order valence-corrected chi connectivity index (χ2v) is 5.53. The van der Waals surface area contributed by atoms with Gasteiger partial charge in [0.1, 0.15) is 6.07 Å². The minimum absolute atomic E-state index is 0.192. The van der Waals surface area contributed by atoms with Crippen molar-refractivity contribution in [2.75, 3.05) is 0 Å². The van der Waals surface area contributed by atoms with Crippen molar-refractivity contribution >= 4 is 5.57 Å². The Bertz CT molecular complexity index is 476. The minimum Gasteiger partial charge on any atom is -0.401 e. The SMILES string of the molecule is Cc1cc(C)cc(/C(C#N)=C(/N)C(C)(C)C)c1. The van der Waals surface area contributed by atoms with Crippen LogP contribution < -0.4 is 5.73 Å². The molecular weight excluding hydrogens is 208 g/mol.